The number of nitrogens with one attached hydrogen (secondary N) is 1. The highest BCUT2D eigenvalue weighted by Gasteiger charge is 2.40. The first-order valence-corrected chi connectivity index (χ1v) is 14.8. The Morgan fingerprint density at radius 2 is 1.89 bits per heavy atom. The standard InChI is InChI=1S/C28H43N5O3S/c1-8-9-10-11-13-20-16-21(26(34)32-37(35,36)23-15-12-14-22(29)30-23)25(31-24(20)27(3,4)5)33-18-19(2)17-28(33,6)7/h12,14-16,19H,8-11,13,17-18H2,1-7H3,(H2,29,30)(H,32,34)/t19-/m0/s1. The van der Waals surface area contributed by atoms with Crippen LogP contribution in [-0.2, 0) is 21.9 Å². The summed E-state index contributed by atoms with van der Waals surface area (Å²) in [4.78, 5) is 24.8. The second-order valence-electron chi connectivity index (χ2n) is 12.0. The zero-order chi connectivity index (χ0) is 27.6. The highest BCUT2D eigenvalue weighted by atomic mass is 32.2. The zero-order valence-corrected chi connectivity index (χ0v) is 24.2. The van der Waals surface area contributed by atoms with Crippen LogP contribution in [0.2, 0.25) is 0 Å². The first-order chi connectivity index (χ1) is 17.2. The fourth-order valence-corrected chi connectivity index (χ4v) is 6.21. The van der Waals surface area contributed by atoms with Gasteiger partial charge in [0.2, 0.25) is 0 Å². The molecule has 1 fully saturated rings. The van der Waals surface area contributed by atoms with Gasteiger partial charge < -0.3 is 10.6 Å². The van der Waals surface area contributed by atoms with E-state index in [0.29, 0.717) is 11.7 Å². The molecule has 1 aliphatic heterocycles. The number of carbonyl (C=O) groups excluding carboxylic acids is 1. The van der Waals surface area contributed by atoms with Crippen molar-refractivity contribution in [2.75, 3.05) is 17.2 Å². The molecule has 0 bridgehead atoms. The van der Waals surface area contributed by atoms with E-state index < -0.39 is 15.9 Å². The van der Waals surface area contributed by atoms with E-state index in [4.69, 9.17) is 10.7 Å². The van der Waals surface area contributed by atoms with Gasteiger partial charge in [-0.3, -0.25) is 4.79 Å². The lowest BCUT2D eigenvalue weighted by atomic mass is 9.85. The van der Waals surface area contributed by atoms with Crippen molar-refractivity contribution in [3.05, 3.63) is 41.1 Å². The molecule has 0 unspecified atom stereocenters. The topological polar surface area (TPSA) is 118 Å². The van der Waals surface area contributed by atoms with Crippen LogP contribution in [0.4, 0.5) is 11.6 Å². The Labute approximate surface area is 222 Å². The van der Waals surface area contributed by atoms with E-state index in [0.717, 1.165) is 56.3 Å². The summed E-state index contributed by atoms with van der Waals surface area (Å²) in [5, 5.41) is -0.295. The minimum atomic E-state index is -4.22. The second kappa shape index (κ2) is 11.0. The van der Waals surface area contributed by atoms with E-state index in [1.54, 1.807) is 0 Å². The van der Waals surface area contributed by atoms with Gasteiger partial charge in [0.1, 0.15) is 11.6 Å². The van der Waals surface area contributed by atoms with Crippen LogP contribution in [0.25, 0.3) is 0 Å². The molecule has 1 atom stereocenters. The van der Waals surface area contributed by atoms with E-state index >= 15 is 0 Å². The molecule has 8 nitrogen and oxygen atoms in total. The maximum absolute atomic E-state index is 13.7. The van der Waals surface area contributed by atoms with Crippen LogP contribution in [0.5, 0.6) is 0 Å². The Hall–Kier alpha value is -2.68. The van der Waals surface area contributed by atoms with Crippen molar-refractivity contribution in [2.45, 2.75) is 103 Å². The lowest BCUT2D eigenvalue weighted by Gasteiger charge is -2.35. The number of aromatic nitrogens is 2. The van der Waals surface area contributed by atoms with Gasteiger partial charge in [0, 0.05) is 17.5 Å². The number of nitrogens with zero attached hydrogens (tertiary/aromatic N) is 3. The number of hydrogen-bond acceptors (Lipinski definition) is 7. The van der Waals surface area contributed by atoms with Crippen LogP contribution in [0.15, 0.2) is 29.3 Å². The molecule has 3 N–H and O–H groups in total. The summed E-state index contributed by atoms with van der Waals surface area (Å²) in [7, 11) is -4.22. The number of rotatable bonds is 9. The molecule has 2 aromatic rings. The number of carbonyl (C=O) groups is 1. The Balaban J connectivity index is 2.12. The summed E-state index contributed by atoms with van der Waals surface area (Å²) in [6.45, 7) is 15.8. The Morgan fingerprint density at radius 3 is 2.46 bits per heavy atom. The molecule has 0 aliphatic carbocycles. The number of anilines is 2. The average molecular weight is 530 g/mol. The summed E-state index contributed by atoms with van der Waals surface area (Å²) in [5.41, 5.74) is 7.43. The molecule has 9 heteroatoms. The molecule has 3 heterocycles. The zero-order valence-electron chi connectivity index (χ0n) is 23.4. The monoisotopic (exact) mass is 529 g/mol. The molecule has 0 radical (unpaired) electrons. The maximum atomic E-state index is 13.7. The molecular weight excluding hydrogens is 486 g/mol. The van der Waals surface area contributed by atoms with Crippen LogP contribution in [-0.4, -0.2) is 36.4 Å². The van der Waals surface area contributed by atoms with Gasteiger partial charge in [-0.05, 0) is 62.8 Å². The van der Waals surface area contributed by atoms with Gasteiger partial charge in [-0.25, -0.2) is 14.7 Å². The SMILES string of the molecule is CCCCCCc1cc(C(=O)NS(=O)(=O)c2cccc(N)n2)c(N2C[C@@H](C)CC2(C)C)nc1C(C)(C)C. The molecular formula is C28H43N5O3S. The van der Waals surface area contributed by atoms with Crippen LogP contribution in [0.1, 0.15) is 102 Å². The lowest BCUT2D eigenvalue weighted by molar-refractivity contribution is 0.0981. The molecule has 0 aromatic carbocycles. The third-order valence-electron chi connectivity index (χ3n) is 6.91. The van der Waals surface area contributed by atoms with Gasteiger partial charge in [0.25, 0.3) is 15.9 Å². The predicted octanol–water partition coefficient (Wildman–Crippen LogP) is 5.22. The molecule has 2 aromatic heterocycles. The minimum absolute atomic E-state index is 0.0642. The first kappa shape index (κ1) is 28.9. The van der Waals surface area contributed by atoms with Crippen molar-refractivity contribution in [3.8, 4) is 0 Å². The fraction of sp³-hybridized carbons (Fsp3) is 0.607. The second-order valence-corrected chi connectivity index (χ2v) is 13.6. The summed E-state index contributed by atoms with van der Waals surface area (Å²) in [6, 6.07) is 6.17. The van der Waals surface area contributed by atoms with Gasteiger partial charge >= 0.3 is 0 Å². The molecule has 37 heavy (non-hydrogen) atoms. The van der Waals surface area contributed by atoms with E-state index in [-0.39, 0.29) is 27.4 Å². The number of amides is 1. The highest BCUT2D eigenvalue weighted by molar-refractivity contribution is 7.90. The summed E-state index contributed by atoms with van der Waals surface area (Å²) in [6.07, 6.45) is 6.09. The third-order valence-corrected chi connectivity index (χ3v) is 8.14. The van der Waals surface area contributed by atoms with Crippen LogP contribution < -0.4 is 15.4 Å². The predicted molar refractivity (Wildman–Crippen MR) is 149 cm³/mol. The molecule has 3 rings (SSSR count). The number of hydrogen-bond donors (Lipinski definition) is 2. The molecule has 0 saturated carbocycles. The Kier molecular flexibility index (Phi) is 8.57. The minimum Gasteiger partial charge on any atom is -0.384 e. The first-order valence-electron chi connectivity index (χ1n) is 13.3. The largest absolute Gasteiger partial charge is 0.384 e. The van der Waals surface area contributed by atoms with Gasteiger partial charge in [-0.2, -0.15) is 8.42 Å². The van der Waals surface area contributed by atoms with Gasteiger partial charge in [0.05, 0.1) is 11.3 Å². The van der Waals surface area contributed by atoms with Crippen LogP contribution >= 0.6 is 0 Å². The van der Waals surface area contributed by atoms with Crippen molar-refractivity contribution >= 4 is 27.6 Å². The van der Waals surface area contributed by atoms with Gasteiger partial charge in [-0.15, -0.1) is 0 Å². The maximum Gasteiger partial charge on any atom is 0.281 e. The summed E-state index contributed by atoms with van der Waals surface area (Å²) < 4.78 is 28.3. The van der Waals surface area contributed by atoms with Crippen molar-refractivity contribution < 1.29 is 13.2 Å². The number of unbranched alkanes of at least 4 members (excludes halogenated alkanes) is 3. The quantitative estimate of drug-likeness (QED) is 0.427. The molecule has 1 amide bonds. The smallest absolute Gasteiger partial charge is 0.281 e. The van der Waals surface area contributed by atoms with Crippen molar-refractivity contribution in [1.82, 2.24) is 14.7 Å². The molecule has 0 spiro atoms. The van der Waals surface area contributed by atoms with Gasteiger partial charge in [0.15, 0.2) is 5.03 Å². The molecule has 1 aliphatic rings. The van der Waals surface area contributed by atoms with E-state index in [2.05, 4.69) is 63.1 Å². The van der Waals surface area contributed by atoms with E-state index in [1.165, 1.54) is 18.2 Å². The Morgan fingerprint density at radius 1 is 1.19 bits per heavy atom. The van der Waals surface area contributed by atoms with Crippen molar-refractivity contribution in [2.24, 2.45) is 5.92 Å². The number of nitrogens with two attached hydrogens (primary N) is 1. The molecule has 204 valence electrons. The fourth-order valence-electron chi connectivity index (χ4n) is 5.27. The number of aryl methyl sites for hydroxylation is 1. The van der Waals surface area contributed by atoms with Crippen molar-refractivity contribution in [1.29, 1.82) is 0 Å². The summed E-state index contributed by atoms with van der Waals surface area (Å²) in [5.74, 6) is 0.302. The van der Waals surface area contributed by atoms with Crippen LogP contribution in [0.3, 0.4) is 0 Å². The number of nitrogen functional groups attached to an aromatic ring is 1. The normalized spacial score (nSPS) is 17.7. The highest BCUT2D eigenvalue weighted by Crippen LogP contribution is 2.39. The van der Waals surface area contributed by atoms with Crippen molar-refractivity contribution in [3.63, 3.8) is 0 Å². The van der Waals surface area contributed by atoms with Gasteiger partial charge in [-0.1, -0.05) is 59.9 Å². The average Bonchev–Trinajstić information content (AvgIpc) is 3.06. The van der Waals surface area contributed by atoms with Crippen LogP contribution in [0, 0.1) is 5.92 Å². The number of sulfonamides is 1. The van der Waals surface area contributed by atoms with E-state index in [1.807, 2.05) is 6.07 Å². The van der Waals surface area contributed by atoms with E-state index in [9.17, 15) is 13.2 Å². The summed E-state index contributed by atoms with van der Waals surface area (Å²) >= 11 is 0. The molecule has 1 saturated heterocycles. The Bertz CT molecular complexity index is 1230. The lowest BCUT2D eigenvalue weighted by Crippen LogP contribution is -2.41. The third kappa shape index (κ3) is 6.80. The number of pyridine rings is 2.